The molecule has 1 aliphatic rings. The van der Waals surface area contributed by atoms with Gasteiger partial charge in [0.25, 0.3) is 0 Å². The van der Waals surface area contributed by atoms with Crippen LogP contribution in [0.3, 0.4) is 0 Å². The molecule has 0 bridgehead atoms. The highest BCUT2D eigenvalue weighted by Crippen LogP contribution is 2.25. The third kappa shape index (κ3) is 5.04. The molecule has 0 radical (unpaired) electrons. The summed E-state index contributed by atoms with van der Waals surface area (Å²) in [7, 11) is 2.18. The first-order chi connectivity index (χ1) is 14.6. The Bertz CT molecular complexity index is 983. The Kier molecular flexibility index (Phi) is 6.40. The van der Waals surface area contributed by atoms with Crippen molar-refractivity contribution < 1.29 is 0 Å². The molecule has 1 fully saturated rings. The topological polar surface area (TPSA) is 56.3 Å². The zero-order chi connectivity index (χ0) is 20.9. The van der Waals surface area contributed by atoms with E-state index in [0.717, 1.165) is 48.9 Å². The van der Waals surface area contributed by atoms with Gasteiger partial charge in [-0.05, 0) is 62.7 Å². The Hall–Kier alpha value is -2.77. The SMILES string of the molecule is CSc1cccc(Nc2nc(Nc3ccc(N4CCN(C)CC4)cc3)ncc2C)c1. The Balaban J connectivity index is 1.45. The molecule has 0 unspecified atom stereocenters. The van der Waals surface area contributed by atoms with Crippen LogP contribution in [0, 0.1) is 6.92 Å². The first-order valence-corrected chi connectivity index (χ1v) is 11.4. The van der Waals surface area contributed by atoms with Crippen LogP contribution < -0.4 is 15.5 Å². The van der Waals surface area contributed by atoms with Crippen LogP contribution >= 0.6 is 11.8 Å². The molecule has 6 nitrogen and oxygen atoms in total. The van der Waals surface area contributed by atoms with Crippen molar-refractivity contribution in [1.29, 1.82) is 0 Å². The first-order valence-electron chi connectivity index (χ1n) is 10.2. The molecular weight excluding hydrogens is 392 g/mol. The lowest BCUT2D eigenvalue weighted by Gasteiger charge is -2.34. The average Bonchev–Trinajstić information content (AvgIpc) is 2.77. The van der Waals surface area contributed by atoms with E-state index >= 15 is 0 Å². The molecular formula is C23H28N6S. The quantitative estimate of drug-likeness (QED) is 0.558. The van der Waals surface area contributed by atoms with E-state index < -0.39 is 0 Å². The minimum absolute atomic E-state index is 0.580. The molecule has 1 aliphatic heterocycles. The summed E-state index contributed by atoms with van der Waals surface area (Å²) in [5, 5.41) is 6.74. The smallest absolute Gasteiger partial charge is 0.229 e. The van der Waals surface area contributed by atoms with E-state index in [1.165, 1.54) is 10.6 Å². The second-order valence-corrected chi connectivity index (χ2v) is 8.42. The van der Waals surface area contributed by atoms with Crippen LogP contribution in [0.2, 0.25) is 0 Å². The van der Waals surface area contributed by atoms with Crippen molar-refractivity contribution in [1.82, 2.24) is 14.9 Å². The number of likely N-dealkylation sites (N-methyl/N-ethyl adjacent to an activating group) is 1. The standard InChI is InChI=1S/C23H28N6S/c1-17-16-24-23(27-22(17)25-19-5-4-6-21(15-19)30-3)26-18-7-9-20(10-8-18)29-13-11-28(2)12-14-29/h4-10,15-16H,11-14H2,1-3H3,(H2,24,25,26,27). The van der Waals surface area contributed by atoms with Crippen molar-refractivity contribution in [2.75, 3.05) is 55.0 Å². The predicted octanol–water partition coefficient (Wildman–Crippen LogP) is 4.75. The lowest BCUT2D eigenvalue weighted by molar-refractivity contribution is 0.313. The summed E-state index contributed by atoms with van der Waals surface area (Å²) in [6.07, 6.45) is 3.92. The molecule has 2 N–H and O–H groups in total. The fourth-order valence-corrected chi connectivity index (χ4v) is 3.88. The Morgan fingerprint density at radius 3 is 2.43 bits per heavy atom. The Morgan fingerprint density at radius 1 is 0.933 bits per heavy atom. The van der Waals surface area contributed by atoms with Crippen molar-refractivity contribution in [2.24, 2.45) is 0 Å². The van der Waals surface area contributed by atoms with Gasteiger partial charge >= 0.3 is 0 Å². The largest absolute Gasteiger partial charge is 0.369 e. The number of benzene rings is 2. The van der Waals surface area contributed by atoms with E-state index in [1.807, 2.05) is 25.3 Å². The van der Waals surface area contributed by atoms with Gasteiger partial charge in [-0.15, -0.1) is 11.8 Å². The van der Waals surface area contributed by atoms with Gasteiger partial charge in [-0.2, -0.15) is 4.98 Å². The van der Waals surface area contributed by atoms with Crippen molar-refractivity contribution in [3.63, 3.8) is 0 Å². The molecule has 0 spiro atoms. The number of hydrogen-bond acceptors (Lipinski definition) is 7. The summed E-state index contributed by atoms with van der Waals surface area (Å²) >= 11 is 1.72. The lowest BCUT2D eigenvalue weighted by Crippen LogP contribution is -2.44. The number of hydrogen-bond donors (Lipinski definition) is 2. The van der Waals surface area contributed by atoms with E-state index in [1.54, 1.807) is 11.8 Å². The number of aryl methyl sites for hydroxylation is 1. The second-order valence-electron chi connectivity index (χ2n) is 7.54. The van der Waals surface area contributed by atoms with Gasteiger partial charge in [-0.1, -0.05) is 6.07 Å². The van der Waals surface area contributed by atoms with Crippen LogP contribution in [0.4, 0.5) is 28.8 Å². The van der Waals surface area contributed by atoms with Gasteiger partial charge in [0.1, 0.15) is 5.82 Å². The molecule has 2 heterocycles. The van der Waals surface area contributed by atoms with E-state index in [-0.39, 0.29) is 0 Å². The average molecular weight is 421 g/mol. The number of thioether (sulfide) groups is 1. The Morgan fingerprint density at radius 2 is 1.70 bits per heavy atom. The molecule has 7 heteroatoms. The van der Waals surface area contributed by atoms with E-state index in [9.17, 15) is 0 Å². The maximum absolute atomic E-state index is 4.68. The maximum atomic E-state index is 4.68. The fourth-order valence-electron chi connectivity index (χ4n) is 3.42. The van der Waals surface area contributed by atoms with Crippen LogP contribution in [0.15, 0.2) is 59.6 Å². The number of nitrogens with zero attached hydrogens (tertiary/aromatic N) is 4. The van der Waals surface area contributed by atoms with E-state index in [0.29, 0.717) is 5.95 Å². The summed E-state index contributed by atoms with van der Waals surface area (Å²) in [6.45, 7) is 6.35. The third-order valence-corrected chi connectivity index (χ3v) is 6.02. The Labute approximate surface area is 182 Å². The highest BCUT2D eigenvalue weighted by Gasteiger charge is 2.14. The highest BCUT2D eigenvalue weighted by atomic mass is 32.2. The van der Waals surface area contributed by atoms with Crippen LogP contribution in [0.1, 0.15) is 5.56 Å². The van der Waals surface area contributed by atoms with Gasteiger partial charge in [0, 0.05) is 59.9 Å². The summed E-state index contributed by atoms with van der Waals surface area (Å²) in [6, 6.07) is 16.8. The molecule has 0 amide bonds. The summed E-state index contributed by atoms with van der Waals surface area (Å²) in [4.78, 5) is 15.1. The molecule has 0 aliphatic carbocycles. The number of rotatable bonds is 6. The van der Waals surface area contributed by atoms with Gasteiger partial charge in [0.05, 0.1) is 0 Å². The predicted molar refractivity (Wildman–Crippen MR) is 128 cm³/mol. The minimum Gasteiger partial charge on any atom is -0.369 e. The summed E-state index contributed by atoms with van der Waals surface area (Å²) < 4.78 is 0. The normalized spacial score (nSPS) is 14.6. The zero-order valence-electron chi connectivity index (χ0n) is 17.7. The monoisotopic (exact) mass is 420 g/mol. The number of aromatic nitrogens is 2. The molecule has 2 aromatic carbocycles. The van der Waals surface area contributed by atoms with E-state index in [4.69, 9.17) is 0 Å². The number of piperazine rings is 1. The van der Waals surface area contributed by atoms with Crippen LogP contribution in [0.25, 0.3) is 0 Å². The van der Waals surface area contributed by atoms with Gasteiger partial charge in [-0.25, -0.2) is 4.98 Å². The third-order valence-electron chi connectivity index (χ3n) is 5.30. The maximum Gasteiger partial charge on any atom is 0.229 e. The second kappa shape index (κ2) is 9.36. The van der Waals surface area contributed by atoms with E-state index in [2.05, 4.69) is 80.1 Å². The molecule has 4 rings (SSSR count). The molecule has 30 heavy (non-hydrogen) atoms. The zero-order valence-corrected chi connectivity index (χ0v) is 18.5. The van der Waals surface area contributed by atoms with Gasteiger partial charge in [0.2, 0.25) is 5.95 Å². The van der Waals surface area contributed by atoms with Crippen molar-refractivity contribution >= 4 is 40.6 Å². The molecule has 3 aromatic rings. The molecule has 1 aromatic heterocycles. The van der Waals surface area contributed by atoms with Crippen LogP contribution in [0.5, 0.6) is 0 Å². The molecule has 1 saturated heterocycles. The van der Waals surface area contributed by atoms with Gasteiger partial charge in [-0.3, -0.25) is 0 Å². The molecule has 0 atom stereocenters. The number of nitrogens with one attached hydrogen (secondary N) is 2. The van der Waals surface area contributed by atoms with Crippen LogP contribution in [-0.4, -0.2) is 54.4 Å². The summed E-state index contributed by atoms with van der Waals surface area (Å²) in [5.74, 6) is 1.39. The minimum atomic E-state index is 0.580. The van der Waals surface area contributed by atoms with Gasteiger partial charge in [0.15, 0.2) is 0 Å². The number of anilines is 5. The molecule has 156 valence electrons. The van der Waals surface area contributed by atoms with Crippen molar-refractivity contribution in [3.8, 4) is 0 Å². The fraction of sp³-hybridized carbons (Fsp3) is 0.304. The molecule has 0 saturated carbocycles. The van der Waals surface area contributed by atoms with Crippen LogP contribution in [-0.2, 0) is 0 Å². The van der Waals surface area contributed by atoms with Crippen molar-refractivity contribution in [3.05, 3.63) is 60.3 Å². The first kappa shape index (κ1) is 20.5. The lowest BCUT2D eigenvalue weighted by atomic mass is 10.2. The highest BCUT2D eigenvalue weighted by molar-refractivity contribution is 7.98. The van der Waals surface area contributed by atoms with Crippen molar-refractivity contribution in [2.45, 2.75) is 11.8 Å². The summed E-state index contributed by atoms with van der Waals surface area (Å²) in [5.41, 5.74) is 4.26. The van der Waals surface area contributed by atoms with Gasteiger partial charge < -0.3 is 20.4 Å².